The van der Waals surface area contributed by atoms with Crippen LogP contribution in [0.4, 0.5) is 5.69 Å². The molecule has 1 atom stereocenters. The number of hydrogen-bond donors (Lipinski definition) is 1. The molecule has 1 aliphatic rings. The number of nitrogens with zero attached hydrogens (tertiary/aromatic N) is 3. The fraction of sp³-hybridized carbons (Fsp3) is 0.240. The number of allylic oxidation sites excluding steroid dienone is 1. The number of carbonyl (C=O) groups excluding carboxylic acids is 1. The van der Waals surface area contributed by atoms with Gasteiger partial charge in [-0.25, -0.2) is 9.79 Å². The van der Waals surface area contributed by atoms with Crippen molar-refractivity contribution in [3.8, 4) is 17.2 Å². The highest BCUT2D eigenvalue weighted by molar-refractivity contribution is 9.10. The molecule has 0 radical (unpaired) electrons. The number of nitro groups is 1. The van der Waals surface area contributed by atoms with Gasteiger partial charge in [0.2, 0.25) is 0 Å². The van der Waals surface area contributed by atoms with E-state index in [-0.39, 0.29) is 33.7 Å². The maximum absolute atomic E-state index is 13.8. The maximum atomic E-state index is 13.8. The first-order valence-corrected chi connectivity index (χ1v) is 12.8. The van der Waals surface area contributed by atoms with Crippen LogP contribution in [0, 0.1) is 10.1 Å². The number of phenolic OH excluding ortho intramolecular Hbond substituents is 1. The van der Waals surface area contributed by atoms with Crippen molar-refractivity contribution in [2.24, 2.45) is 4.99 Å². The summed E-state index contributed by atoms with van der Waals surface area (Å²) < 4.78 is 18.2. The summed E-state index contributed by atoms with van der Waals surface area (Å²) in [4.78, 5) is 42.3. The van der Waals surface area contributed by atoms with E-state index in [1.54, 1.807) is 26.0 Å². The van der Waals surface area contributed by atoms with Crippen LogP contribution < -0.4 is 24.4 Å². The monoisotopic (exact) mass is 603 g/mol. The summed E-state index contributed by atoms with van der Waals surface area (Å²) in [5.74, 6) is -0.0441. The molecule has 0 spiro atoms. The van der Waals surface area contributed by atoms with Crippen LogP contribution in [-0.4, -0.2) is 41.4 Å². The number of methoxy groups -OCH3 is 2. The fourth-order valence-corrected chi connectivity index (χ4v) is 5.65. The van der Waals surface area contributed by atoms with Crippen LogP contribution in [-0.2, 0) is 9.53 Å². The molecule has 3 aromatic rings. The van der Waals surface area contributed by atoms with Gasteiger partial charge in [-0.3, -0.25) is 19.5 Å². The first-order chi connectivity index (χ1) is 18.1. The minimum Gasteiger partial charge on any atom is -0.507 e. The van der Waals surface area contributed by atoms with Gasteiger partial charge < -0.3 is 19.3 Å². The molecule has 0 saturated heterocycles. The van der Waals surface area contributed by atoms with Crippen LogP contribution in [0.15, 0.2) is 55.9 Å². The number of carbonyl (C=O) groups is 1. The second-order valence-electron chi connectivity index (χ2n) is 8.03. The maximum Gasteiger partial charge on any atom is 0.338 e. The molecular weight excluding hydrogens is 582 g/mol. The minimum absolute atomic E-state index is 0.0923. The Morgan fingerprint density at radius 2 is 1.95 bits per heavy atom. The van der Waals surface area contributed by atoms with Gasteiger partial charge in [-0.1, -0.05) is 27.3 Å². The molecule has 11 nitrogen and oxygen atoms in total. The van der Waals surface area contributed by atoms with Gasteiger partial charge in [-0.15, -0.1) is 0 Å². The fourth-order valence-electron chi connectivity index (χ4n) is 4.08. The van der Waals surface area contributed by atoms with Crippen molar-refractivity contribution in [3.63, 3.8) is 0 Å². The summed E-state index contributed by atoms with van der Waals surface area (Å²) in [6.45, 7) is 3.44. The van der Waals surface area contributed by atoms with Gasteiger partial charge in [-0.2, -0.15) is 0 Å². The molecular formula is C25H22BrN3O8S. The number of esters is 1. The molecule has 0 fully saturated rings. The van der Waals surface area contributed by atoms with Gasteiger partial charge >= 0.3 is 5.97 Å². The van der Waals surface area contributed by atoms with E-state index in [1.165, 1.54) is 37.0 Å². The topological polar surface area (TPSA) is 142 Å². The predicted molar refractivity (Wildman–Crippen MR) is 142 cm³/mol. The number of halogens is 1. The summed E-state index contributed by atoms with van der Waals surface area (Å²) in [5.41, 5.74) is 0.383. The molecule has 38 heavy (non-hydrogen) atoms. The van der Waals surface area contributed by atoms with E-state index in [0.29, 0.717) is 32.0 Å². The number of rotatable bonds is 7. The molecule has 198 valence electrons. The lowest BCUT2D eigenvalue weighted by atomic mass is 9.95. The first kappa shape index (κ1) is 27.1. The number of aromatic nitrogens is 1. The molecule has 2 aromatic carbocycles. The van der Waals surface area contributed by atoms with Crippen molar-refractivity contribution in [3.05, 3.63) is 87.0 Å². The molecule has 0 saturated carbocycles. The van der Waals surface area contributed by atoms with Crippen LogP contribution in [0.3, 0.4) is 0 Å². The number of phenols is 1. The van der Waals surface area contributed by atoms with Crippen LogP contribution in [0.5, 0.6) is 17.2 Å². The van der Waals surface area contributed by atoms with Crippen molar-refractivity contribution in [1.29, 1.82) is 0 Å². The van der Waals surface area contributed by atoms with Gasteiger partial charge in [0, 0.05) is 22.2 Å². The van der Waals surface area contributed by atoms with E-state index in [9.17, 15) is 24.8 Å². The van der Waals surface area contributed by atoms with Gasteiger partial charge in [0.05, 0.1) is 47.6 Å². The Labute approximate surface area is 228 Å². The SMILES string of the molecule is CCOC(=O)C1=C(C)N=c2s/c(=C\c3cc([N+](=O)[O-])ccc3O)c(=O)n2[C@@H]1c1cc(OC)c(OC)cc1Br. The number of non-ortho nitro benzene ring substituents is 1. The zero-order valence-corrected chi connectivity index (χ0v) is 23.1. The lowest BCUT2D eigenvalue weighted by molar-refractivity contribution is -0.384. The Kier molecular flexibility index (Phi) is 7.69. The minimum atomic E-state index is -0.944. The van der Waals surface area contributed by atoms with Crippen molar-refractivity contribution < 1.29 is 29.0 Å². The second kappa shape index (κ2) is 10.8. The zero-order chi connectivity index (χ0) is 27.7. The van der Waals surface area contributed by atoms with Crippen molar-refractivity contribution in [2.75, 3.05) is 20.8 Å². The number of benzene rings is 2. The number of thiazole rings is 1. The number of ether oxygens (including phenoxy) is 3. The number of hydrogen-bond acceptors (Lipinski definition) is 10. The smallest absolute Gasteiger partial charge is 0.338 e. The van der Waals surface area contributed by atoms with Gasteiger partial charge in [0.1, 0.15) is 5.75 Å². The van der Waals surface area contributed by atoms with E-state index in [4.69, 9.17) is 14.2 Å². The Balaban J connectivity index is 2.02. The van der Waals surface area contributed by atoms with E-state index >= 15 is 0 Å². The first-order valence-electron chi connectivity index (χ1n) is 11.2. The molecule has 0 bridgehead atoms. The normalized spacial score (nSPS) is 15.1. The quantitative estimate of drug-likeness (QED) is 0.246. The van der Waals surface area contributed by atoms with Crippen LogP contribution in [0.1, 0.15) is 31.0 Å². The second-order valence-corrected chi connectivity index (χ2v) is 9.89. The molecule has 1 N–H and O–H groups in total. The van der Waals surface area contributed by atoms with Crippen LogP contribution >= 0.6 is 27.3 Å². The Bertz CT molecular complexity index is 1670. The summed E-state index contributed by atoms with van der Waals surface area (Å²) in [6.07, 6.45) is 1.36. The lowest BCUT2D eigenvalue weighted by Gasteiger charge is -2.26. The third-order valence-electron chi connectivity index (χ3n) is 5.82. The Morgan fingerprint density at radius 3 is 2.58 bits per heavy atom. The standard InChI is InChI=1S/C25H22BrN3O8S/c1-5-37-24(32)21-12(2)27-25-28(22(21)15-10-18(35-3)19(36-4)11-16(15)26)23(31)20(38-25)9-13-8-14(29(33)34)6-7-17(13)30/h6-11,22,30H,5H2,1-4H3/b20-9-/t22-/m1/s1. The molecule has 0 unspecified atom stereocenters. The van der Waals surface area contributed by atoms with Gasteiger partial charge in [0.25, 0.3) is 11.2 Å². The Morgan fingerprint density at radius 1 is 1.26 bits per heavy atom. The van der Waals surface area contributed by atoms with E-state index in [2.05, 4.69) is 20.9 Å². The van der Waals surface area contributed by atoms with Gasteiger partial charge in [0.15, 0.2) is 16.3 Å². The molecule has 0 aliphatic carbocycles. The summed E-state index contributed by atoms with van der Waals surface area (Å²) in [6, 6.07) is 5.91. The van der Waals surface area contributed by atoms with Crippen molar-refractivity contribution >= 4 is 45.0 Å². The average molecular weight is 604 g/mol. The number of fused-ring (bicyclic) bond motifs is 1. The summed E-state index contributed by atoms with van der Waals surface area (Å²) in [5, 5.41) is 21.5. The van der Waals surface area contributed by atoms with E-state index in [0.717, 1.165) is 17.4 Å². The third kappa shape index (κ3) is 4.82. The highest BCUT2D eigenvalue weighted by atomic mass is 79.9. The number of nitro benzene ring substituents is 1. The third-order valence-corrected chi connectivity index (χ3v) is 7.49. The highest BCUT2D eigenvalue weighted by Gasteiger charge is 2.35. The number of aromatic hydroxyl groups is 1. The van der Waals surface area contributed by atoms with Crippen LogP contribution in [0.2, 0.25) is 0 Å². The van der Waals surface area contributed by atoms with E-state index in [1.807, 2.05) is 0 Å². The zero-order valence-electron chi connectivity index (χ0n) is 20.7. The summed E-state index contributed by atoms with van der Waals surface area (Å²) in [7, 11) is 2.96. The molecule has 13 heteroatoms. The molecule has 2 heterocycles. The lowest BCUT2D eigenvalue weighted by Crippen LogP contribution is -2.40. The average Bonchev–Trinajstić information content (AvgIpc) is 3.18. The summed E-state index contributed by atoms with van der Waals surface area (Å²) >= 11 is 4.56. The van der Waals surface area contributed by atoms with Crippen molar-refractivity contribution in [1.82, 2.24) is 4.57 Å². The van der Waals surface area contributed by atoms with Crippen molar-refractivity contribution in [2.45, 2.75) is 19.9 Å². The highest BCUT2D eigenvalue weighted by Crippen LogP contribution is 2.40. The molecule has 4 rings (SSSR count). The van der Waals surface area contributed by atoms with E-state index < -0.39 is 22.5 Å². The molecule has 1 aromatic heterocycles. The molecule has 1 aliphatic heterocycles. The largest absolute Gasteiger partial charge is 0.507 e. The predicted octanol–water partition coefficient (Wildman–Crippen LogP) is 3.19. The molecule has 0 amide bonds. The van der Waals surface area contributed by atoms with Crippen LogP contribution in [0.25, 0.3) is 6.08 Å². The Hall–Kier alpha value is -3.97. The van der Waals surface area contributed by atoms with Gasteiger partial charge in [-0.05, 0) is 43.7 Å².